The average Bonchev–Trinajstić information content (AvgIpc) is 2.61. The summed E-state index contributed by atoms with van der Waals surface area (Å²) in [6.45, 7) is 3.03. The molecule has 1 aliphatic carbocycles. The van der Waals surface area contributed by atoms with E-state index < -0.39 is 12.0 Å². The van der Waals surface area contributed by atoms with Gasteiger partial charge in [0.05, 0.1) is 0 Å². The van der Waals surface area contributed by atoms with Crippen molar-refractivity contribution in [3.63, 3.8) is 0 Å². The Bertz CT molecular complexity index is 620. The number of amides is 1. The predicted molar refractivity (Wildman–Crippen MR) is 96.4 cm³/mol. The highest BCUT2D eigenvalue weighted by atomic mass is 16.5. The summed E-state index contributed by atoms with van der Waals surface area (Å²) >= 11 is 0. The molecule has 5 nitrogen and oxygen atoms in total. The monoisotopic (exact) mass is 345 g/mol. The van der Waals surface area contributed by atoms with Crippen LogP contribution in [0.2, 0.25) is 0 Å². The van der Waals surface area contributed by atoms with Crippen molar-refractivity contribution in [3.05, 3.63) is 29.8 Å². The van der Waals surface area contributed by atoms with Crippen LogP contribution in [0.5, 0.6) is 0 Å². The maximum absolute atomic E-state index is 12.2. The van der Waals surface area contributed by atoms with Gasteiger partial charge in [0.1, 0.15) is 0 Å². The van der Waals surface area contributed by atoms with E-state index in [4.69, 9.17) is 4.74 Å². The zero-order chi connectivity index (χ0) is 18.2. The standard InChI is InChI=1S/C20H27NO4/c1-14(22)17-9-6-10-18(13-17)21-20(24)15(2)25-19(23)12-11-16-7-4-3-5-8-16/h6,9-10,13,15-16H,3-5,7-8,11-12H2,1-2H3,(H,21,24)/t15-/m0/s1. The van der Waals surface area contributed by atoms with Crippen LogP contribution < -0.4 is 5.32 Å². The maximum atomic E-state index is 12.2. The molecule has 1 atom stereocenters. The number of nitrogens with one attached hydrogen (secondary N) is 1. The van der Waals surface area contributed by atoms with E-state index in [1.165, 1.54) is 39.0 Å². The number of Topliss-reactive ketones (excluding diaryl/α,β-unsaturated/α-hetero) is 1. The minimum absolute atomic E-state index is 0.0710. The van der Waals surface area contributed by atoms with Crippen LogP contribution >= 0.6 is 0 Å². The number of rotatable bonds is 7. The van der Waals surface area contributed by atoms with E-state index in [0.717, 1.165) is 6.42 Å². The first-order valence-electron chi connectivity index (χ1n) is 9.07. The van der Waals surface area contributed by atoms with Crippen molar-refractivity contribution in [1.82, 2.24) is 0 Å². The Morgan fingerprint density at radius 2 is 1.92 bits per heavy atom. The fourth-order valence-electron chi connectivity index (χ4n) is 3.17. The molecule has 0 saturated heterocycles. The largest absolute Gasteiger partial charge is 0.453 e. The van der Waals surface area contributed by atoms with Crippen molar-refractivity contribution >= 4 is 23.3 Å². The molecule has 0 unspecified atom stereocenters. The SMILES string of the molecule is CC(=O)c1cccc(NC(=O)[C@H](C)OC(=O)CCC2CCCCC2)c1. The van der Waals surface area contributed by atoms with Crippen LogP contribution in [-0.2, 0) is 14.3 Å². The van der Waals surface area contributed by atoms with E-state index in [1.807, 2.05) is 0 Å². The molecule has 0 heterocycles. The van der Waals surface area contributed by atoms with E-state index in [2.05, 4.69) is 5.32 Å². The molecule has 1 aromatic rings. The van der Waals surface area contributed by atoms with Crippen molar-refractivity contribution in [2.45, 2.75) is 64.9 Å². The zero-order valence-corrected chi connectivity index (χ0v) is 15.0. The lowest BCUT2D eigenvalue weighted by Gasteiger charge is -2.21. The van der Waals surface area contributed by atoms with E-state index in [1.54, 1.807) is 31.2 Å². The summed E-state index contributed by atoms with van der Waals surface area (Å²) in [7, 11) is 0. The molecule has 0 radical (unpaired) electrons. The summed E-state index contributed by atoms with van der Waals surface area (Å²) in [4.78, 5) is 35.5. The molecule has 0 bridgehead atoms. The fourth-order valence-corrected chi connectivity index (χ4v) is 3.17. The molecular formula is C20H27NO4. The summed E-state index contributed by atoms with van der Waals surface area (Å²) < 4.78 is 5.24. The highest BCUT2D eigenvalue weighted by Crippen LogP contribution is 2.27. The second kappa shape index (κ2) is 9.35. The number of carbonyl (C=O) groups is 3. The zero-order valence-electron chi connectivity index (χ0n) is 15.0. The number of ether oxygens (including phenoxy) is 1. The first kappa shape index (κ1) is 19.2. The second-order valence-corrected chi connectivity index (χ2v) is 6.80. The second-order valence-electron chi connectivity index (χ2n) is 6.80. The van der Waals surface area contributed by atoms with E-state index in [-0.39, 0.29) is 11.8 Å². The van der Waals surface area contributed by atoms with E-state index in [9.17, 15) is 14.4 Å². The molecule has 136 valence electrons. The Morgan fingerprint density at radius 1 is 1.20 bits per heavy atom. The van der Waals surface area contributed by atoms with Gasteiger partial charge in [-0.25, -0.2) is 0 Å². The van der Waals surface area contributed by atoms with Crippen LogP contribution in [0.1, 0.15) is 69.2 Å². The molecule has 0 aliphatic heterocycles. The third-order valence-corrected chi connectivity index (χ3v) is 4.70. The minimum Gasteiger partial charge on any atom is -0.453 e. The molecule has 1 N–H and O–H groups in total. The summed E-state index contributed by atoms with van der Waals surface area (Å²) in [5.41, 5.74) is 1.04. The molecule has 1 fully saturated rings. The number of esters is 1. The van der Waals surface area contributed by atoms with E-state index in [0.29, 0.717) is 23.6 Å². The molecule has 1 amide bonds. The van der Waals surface area contributed by atoms with Gasteiger partial charge in [0.15, 0.2) is 11.9 Å². The lowest BCUT2D eigenvalue weighted by Crippen LogP contribution is -2.30. The number of anilines is 1. The number of carbonyl (C=O) groups excluding carboxylic acids is 3. The van der Waals surface area contributed by atoms with Crippen molar-refractivity contribution in [1.29, 1.82) is 0 Å². The van der Waals surface area contributed by atoms with Crippen molar-refractivity contribution < 1.29 is 19.1 Å². The topological polar surface area (TPSA) is 72.5 Å². The highest BCUT2D eigenvalue weighted by molar-refractivity contribution is 5.98. The van der Waals surface area contributed by atoms with E-state index >= 15 is 0 Å². The minimum atomic E-state index is -0.861. The number of hydrogen-bond donors (Lipinski definition) is 1. The summed E-state index contributed by atoms with van der Waals surface area (Å²) in [6, 6.07) is 6.69. The van der Waals surface area contributed by atoms with Crippen molar-refractivity contribution in [2.24, 2.45) is 5.92 Å². The van der Waals surface area contributed by atoms with Crippen LogP contribution in [0.3, 0.4) is 0 Å². The lowest BCUT2D eigenvalue weighted by atomic mass is 9.86. The van der Waals surface area contributed by atoms with Crippen LogP contribution in [0, 0.1) is 5.92 Å². The van der Waals surface area contributed by atoms with Gasteiger partial charge >= 0.3 is 5.97 Å². The molecule has 1 aliphatic rings. The lowest BCUT2D eigenvalue weighted by molar-refractivity contribution is -0.153. The quantitative estimate of drug-likeness (QED) is 0.596. The Balaban J connectivity index is 1.78. The number of benzene rings is 1. The van der Waals surface area contributed by atoms with Gasteiger partial charge in [-0.2, -0.15) is 0 Å². The Morgan fingerprint density at radius 3 is 2.60 bits per heavy atom. The molecule has 1 aromatic carbocycles. The number of ketones is 1. The van der Waals surface area contributed by atoms with Gasteiger partial charge in [-0.3, -0.25) is 14.4 Å². The fraction of sp³-hybridized carbons (Fsp3) is 0.550. The first-order chi connectivity index (χ1) is 12.0. The predicted octanol–water partition coefficient (Wildman–Crippen LogP) is 4.12. The molecular weight excluding hydrogens is 318 g/mol. The van der Waals surface area contributed by atoms with Gasteiger partial charge in [-0.05, 0) is 38.3 Å². The number of hydrogen-bond acceptors (Lipinski definition) is 4. The molecule has 25 heavy (non-hydrogen) atoms. The molecule has 5 heteroatoms. The molecule has 0 spiro atoms. The van der Waals surface area contributed by atoms with Gasteiger partial charge in [0.25, 0.3) is 5.91 Å². The Hall–Kier alpha value is -2.17. The van der Waals surface area contributed by atoms with Crippen molar-refractivity contribution in [3.8, 4) is 0 Å². The average molecular weight is 345 g/mol. The molecule has 1 saturated carbocycles. The van der Waals surface area contributed by atoms with Gasteiger partial charge in [-0.1, -0.05) is 44.2 Å². The molecule has 0 aromatic heterocycles. The summed E-state index contributed by atoms with van der Waals surface area (Å²) in [5.74, 6) is -0.185. The van der Waals surface area contributed by atoms with Crippen LogP contribution in [0.4, 0.5) is 5.69 Å². The van der Waals surface area contributed by atoms with Crippen molar-refractivity contribution in [2.75, 3.05) is 5.32 Å². The van der Waals surface area contributed by atoms with Gasteiger partial charge in [-0.15, -0.1) is 0 Å². The third-order valence-electron chi connectivity index (χ3n) is 4.70. The molecule has 2 rings (SSSR count). The normalized spacial score (nSPS) is 16.1. The van der Waals surface area contributed by atoms with Crippen LogP contribution in [-0.4, -0.2) is 23.8 Å². The van der Waals surface area contributed by atoms with Crippen LogP contribution in [0.15, 0.2) is 24.3 Å². The summed E-state index contributed by atoms with van der Waals surface area (Å²) in [5, 5.41) is 2.68. The summed E-state index contributed by atoms with van der Waals surface area (Å²) in [6.07, 6.45) is 6.51. The first-order valence-corrected chi connectivity index (χ1v) is 9.07. The van der Waals surface area contributed by atoms with Gasteiger partial charge in [0.2, 0.25) is 0 Å². The maximum Gasteiger partial charge on any atom is 0.306 e. The Kier molecular flexibility index (Phi) is 7.16. The third kappa shape index (κ3) is 6.33. The van der Waals surface area contributed by atoms with Gasteiger partial charge < -0.3 is 10.1 Å². The van der Waals surface area contributed by atoms with Gasteiger partial charge in [0, 0.05) is 17.7 Å². The smallest absolute Gasteiger partial charge is 0.306 e. The Labute approximate surface area is 149 Å². The highest BCUT2D eigenvalue weighted by Gasteiger charge is 2.20. The van der Waals surface area contributed by atoms with Crippen LogP contribution in [0.25, 0.3) is 0 Å².